The molecule has 2 N–H and O–H groups in total. The second-order valence-electron chi connectivity index (χ2n) is 11.4. The van der Waals surface area contributed by atoms with Crippen LogP contribution in [0.25, 0.3) is 5.70 Å². The molecule has 0 bridgehead atoms. The molecule has 2 heterocycles. The molecule has 36 heavy (non-hydrogen) atoms. The molecule has 1 aromatic rings. The summed E-state index contributed by atoms with van der Waals surface area (Å²) in [5.74, 6) is -0.0279. The molecule has 2 atom stereocenters. The third-order valence-electron chi connectivity index (χ3n) is 6.47. The lowest BCUT2D eigenvalue weighted by Gasteiger charge is -2.40. The van der Waals surface area contributed by atoms with E-state index in [0.717, 1.165) is 0 Å². The Morgan fingerprint density at radius 2 is 1.92 bits per heavy atom. The first-order chi connectivity index (χ1) is 16.4. The number of aliphatic imine (C=N–C) groups is 2. The molecule has 11 heteroatoms. The van der Waals surface area contributed by atoms with Gasteiger partial charge in [-0.2, -0.15) is 0 Å². The number of carboxylic acid groups (broad SMARTS) is 1. The molecule has 1 aromatic carbocycles. The van der Waals surface area contributed by atoms with E-state index < -0.39 is 31.4 Å². The number of fused-ring (bicyclic) bond motifs is 1. The predicted molar refractivity (Wildman–Crippen MR) is 148 cm³/mol. The van der Waals surface area contributed by atoms with Crippen molar-refractivity contribution in [3.8, 4) is 0 Å². The molecule has 8 nitrogen and oxygen atoms in total. The molecule has 0 aliphatic carbocycles. The summed E-state index contributed by atoms with van der Waals surface area (Å²) in [5.41, 5.74) is 0.692. The van der Waals surface area contributed by atoms with Gasteiger partial charge in [-0.15, -0.1) is 0 Å². The predicted octanol–water partition coefficient (Wildman–Crippen LogP) is 6.27. The number of amides is 1. The van der Waals surface area contributed by atoms with Gasteiger partial charge >= 0.3 is 12.1 Å². The lowest BCUT2D eigenvalue weighted by Crippen LogP contribution is -2.57. The highest BCUT2D eigenvalue weighted by molar-refractivity contribution is 6.77. The van der Waals surface area contributed by atoms with Crippen LogP contribution in [0.4, 0.5) is 4.79 Å². The quantitative estimate of drug-likeness (QED) is 0.319. The molecule has 0 saturated carbocycles. The van der Waals surface area contributed by atoms with Gasteiger partial charge in [0.25, 0.3) is 0 Å². The van der Waals surface area contributed by atoms with Crippen molar-refractivity contribution in [3.05, 3.63) is 39.4 Å². The second-order valence-corrected chi connectivity index (χ2v) is 17.8. The van der Waals surface area contributed by atoms with Crippen LogP contribution >= 0.6 is 23.2 Å². The van der Waals surface area contributed by atoms with Crippen molar-refractivity contribution in [3.63, 3.8) is 0 Å². The summed E-state index contributed by atoms with van der Waals surface area (Å²) in [6.45, 7) is 16.0. The molecule has 2 aliphatic rings. The number of guanidine groups is 1. The zero-order chi connectivity index (χ0) is 27.2. The summed E-state index contributed by atoms with van der Waals surface area (Å²) in [7, 11) is -1.88. The van der Waals surface area contributed by atoms with Crippen LogP contribution in [0.3, 0.4) is 0 Å². The molecule has 1 amide bonds. The van der Waals surface area contributed by atoms with Crippen LogP contribution in [0, 0.1) is 0 Å². The molecule has 0 saturated heterocycles. The van der Waals surface area contributed by atoms with Crippen molar-refractivity contribution in [2.45, 2.75) is 77.5 Å². The van der Waals surface area contributed by atoms with Gasteiger partial charge in [-0.1, -0.05) is 49.8 Å². The Morgan fingerprint density at radius 1 is 1.28 bits per heavy atom. The SMILES string of the molecule is CC1=NC2=NC(NC(=O)O)(C(C)[Si](C)(C)C)CN2C(c2ccc(Cl)cc2Cl)=C1CC(=O)OC(C)(C)C. The Balaban J connectivity index is 2.21. The molecule has 0 aromatic heterocycles. The molecule has 196 valence electrons. The Hall–Kier alpha value is -2.36. The van der Waals surface area contributed by atoms with Gasteiger partial charge in [0.1, 0.15) is 5.60 Å². The van der Waals surface area contributed by atoms with Crippen LogP contribution in [0.1, 0.15) is 46.6 Å². The average Bonchev–Trinajstić information content (AvgIpc) is 3.04. The highest BCUT2D eigenvalue weighted by Crippen LogP contribution is 2.44. The first-order valence-corrected chi connectivity index (χ1v) is 16.1. The van der Waals surface area contributed by atoms with Crippen LogP contribution in [0.2, 0.25) is 35.2 Å². The Morgan fingerprint density at radius 3 is 2.44 bits per heavy atom. The smallest absolute Gasteiger partial charge is 0.406 e. The Bertz CT molecular complexity index is 1180. The van der Waals surface area contributed by atoms with Crippen molar-refractivity contribution in [2.24, 2.45) is 9.98 Å². The van der Waals surface area contributed by atoms with Gasteiger partial charge in [-0.25, -0.2) is 14.8 Å². The molecular weight excluding hydrogens is 519 g/mol. The van der Waals surface area contributed by atoms with Crippen LogP contribution in [0.15, 0.2) is 33.8 Å². The van der Waals surface area contributed by atoms with Gasteiger partial charge in [0.05, 0.1) is 31.8 Å². The highest BCUT2D eigenvalue weighted by Gasteiger charge is 2.51. The zero-order valence-electron chi connectivity index (χ0n) is 22.0. The monoisotopic (exact) mass is 552 g/mol. The van der Waals surface area contributed by atoms with Crippen LogP contribution in [-0.2, 0) is 9.53 Å². The molecule has 2 aliphatic heterocycles. The third-order valence-corrected chi connectivity index (χ3v) is 10.1. The van der Waals surface area contributed by atoms with Crippen molar-refractivity contribution >= 4 is 60.7 Å². The topological polar surface area (TPSA) is 104 Å². The summed E-state index contributed by atoms with van der Waals surface area (Å²) < 4.78 is 5.59. The molecular formula is C25H34Cl2N4O4Si. The normalized spacial score (nSPS) is 21.0. The number of hydrogen-bond acceptors (Lipinski definition) is 6. The van der Waals surface area contributed by atoms with Gasteiger partial charge < -0.3 is 14.7 Å². The van der Waals surface area contributed by atoms with E-state index in [1.54, 1.807) is 25.1 Å². The second kappa shape index (κ2) is 9.83. The van der Waals surface area contributed by atoms with Crippen molar-refractivity contribution < 1.29 is 19.4 Å². The number of carbonyl (C=O) groups is 2. The number of esters is 1. The standard InChI is InChI=1S/C25H34Cl2N4O4Si/c1-14-18(12-20(32)35-24(3,4)5)21(17-10-9-16(26)11-19(17)27)31-13-25(30-23(33)34,29-22(31)28-14)15(2)36(6,7)8/h9-11,15,30H,12-13H2,1-8H3,(H,33,34). The van der Waals surface area contributed by atoms with E-state index in [1.807, 2.05) is 32.6 Å². The van der Waals surface area contributed by atoms with E-state index in [9.17, 15) is 14.7 Å². The minimum Gasteiger partial charge on any atom is -0.465 e. The van der Waals surface area contributed by atoms with Crippen molar-refractivity contribution in [1.82, 2.24) is 10.2 Å². The van der Waals surface area contributed by atoms with E-state index in [2.05, 4.69) is 25.0 Å². The summed E-state index contributed by atoms with van der Waals surface area (Å²) in [4.78, 5) is 36.2. The van der Waals surface area contributed by atoms with Gasteiger partial charge in [0, 0.05) is 21.9 Å². The molecule has 2 unspecified atom stereocenters. The number of carbonyl (C=O) groups excluding carboxylic acids is 1. The van der Waals surface area contributed by atoms with Crippen LogP contribution in [-0.4, -0.2) is 59.6 Å². The fraction of sp³-hybridized carbons (Fsp3) is 0.520. The van der Waals surface area contributed by atoms with Gasteiger partial charge in [-0.05, 0) is 51.4 Å². The lowest BCUT2D eigenvalue weighted by atomic mass is 9.96. The summed E-state index contributed by atoms with van der Waals surface area (Å²) in [5, 5.41) is 13.3. The Labute approximate surface area is 223 Å². The third kappa shape index (κ3) is 5.95. The van der Waals surface area contributed by atoms with Gasteiger partial charge in [0.15, 0.2) is 5.66 Å². The molecule has 3 rings (SSSR count). The first-order valence-electron chi connectivity index (χ1n) is 11.8. The number of ether oxygens (including phenoxy) is 1. The number of nitrogens with zero attached hydrogens (tertiary/aromatic N) is 3. The maximum absolute atomic E-state index is 12.9. The number of hydrogen-bond donors (Lipinski definition) is 2. The number of nitrogens with one attached hydrogen (secondary N) is 1. The van der Waals surface area contributed by atoms with E-state index in [0.29, 0.717) is 38.6 Å². The van der Waals surface area contributed by atoms with E-state index >= 15 is 0 Å². The highest BCUT2D eigenvalue weighted by atomic mass is 35.5. The summed E-state index contributed by atoms with van der Waals surface area (Å²) in [6.07, 6.45) is -1.19. The first kappa shape index (κ1) is 28.2. The van der Waals surface area contributed by atoms with E-state index in [1.165, 1.54) is 0 Å². The fourth-order valence-corrected chi connectivity index (χ4v) is 6.59. The number of rotatable bonds is 6. The zero-order valence-corrected chi connectivity index (χ0v) is 24.5. The van der Waals surface area contributed by atoms with Crippen LogP contribution in [0.5, 0.6) is 0 Å². The van der Waals surface area contributed by atoms with Crippen molar-refractivity contribution in [2.75, 3.05) is 6.54 Å². The minimum absolute atomic E-state index is 0.0341. The van der Waals surface area contributed by atoms with E-state index in [4.69, 9.17) is 37.9 Å². The molecule has 0 spiro atoms. The maximum Gasteiger partial charge on any atom is 0.406 e. The fourth-order valence-electron chi connectivity index (χ4n) is 4.44. The maximum atomic E-state index is 12.9. The van der Waals surface area contributed by atoms with E-state index in [-0.39, 0.29) is 18.5 Å². The largest absolute Gasteiger partial charge is 0.465 e. The van der Waals surface area contributed by atoms with Gasteiger partial charge in [0.2, 0.25) is 5.96 Å². The van der Waals surface area contributed by atoms with Gasteiger partial charge in [-0.3, -0.25) is 10.1 Å². The summed E-state index contributed by atoms with van der Waals surface area (Å²) in [6, 6.07) is 5.15. The number of benzene rings is 1. The molecule has 0 fully saturated rings. The number of halogens is 2. The average molecular weight is 554 g/mol. The molecule has 0 radical (unpaired) electrons. The summed E-state index contributed by atoms with van der Waals surface area (Å²) >= 11 is 12.8. The lowest BCUT2D eigenvalue weighted by molar-refractivity contribution is -0.153. The Kier molecular flexibility index (Phi) is 7.71. The van der Waals surface area contributed by atoms with Crippen LogP contribution < -0.4 is 5.32 Å². The van der Waals surface area contributed by atoms with Crippen molar-refractivity contribution in [1.29, 1.82) is 0 Å². The minimum atomic E-state index is -1.88.